The number of benzene rings is 2. The number of piperidine rings is 1. The molecule has 1 N–H and O–H groups in total. The summed E-state index contributed by atoms with van der Waals surface area (Å²) in [5.74, 6) is 0.614. The van der Waals surface area contributed by atoms with Gasteiger partial charge >= 0.3 is 12.1 Å². The Balaban J connectivity index is 1.70. The number of ether oxygens (including phenoxy) is 2. The zero-order chi connectivity index (χ0) is 27.3. The second-order valence-corrected chi connectivity index (χ2v) is 13.9. The van der Waals surface area contributed by atoms with Crippen molar-refractivity contribution in [1.82, 2.24) is 4.90 Å². The van der Waals surface area contributed by atoms with E-state index < -0.39 is 11.7 Å². The summed E-state index contributed by atoms with van der Waals surface area (Å²) in [5.41, 5.74) is 2.45. The fourth-order valence-electron chi connectivity index (χ4n) is 4.33. The molecule has 6 nitrogen and oxygen atoms in total. The first-order valence-corrected chi connectivity index (χ1v) is 15.8. The van der Waals surface area contributed by atoms with Crippen molar-refractivity contribution >= 4 is 85.5 Å². The number of carbonyl (C=O) groups is 2. The smallest absolute Gasteiger partial charge is 0.412 e. The maximum absolute atomic E-state index is 13.2. The van der Waals surface area contributed by atoms with E-state index in [-0.39, 0.29) is 11.9 Å². The molecule has 1 heterocycles. The lowest BCUT2D eigenvalue weighted by Crippen LogP contribution is -2.29. The summed E-state index contributed by atoms with van der Waals surface area (Å²) >= 11 is 6.76. The summed E-state index contributed by atoms with van der Waals surface area (Å²) in [6.07, 6.45) is 3.00. The van der Waals surface area contributed by atoms with Crippen molar-refractivity contribution in [3.63, 3.8) is 0 Å². The molecule has 0 radical (unpaired) electrons. The molecule has 2 aromatic carbocycles. The number of hydrogen-bond donors (Lipinski definition) is 1. The highest BCUT2D eigenvalue weighted by Gasteiger charge is 2.26. The lowest BCUT2D eigenvalue weighted by molar-refractivity contribution is -0.139. The fraction of sp³-hybridized carbons (Fsp3) is 0.500. The summed E-state index contributed by atoms with van der Waals surface area (Å²) < 4.78 is 14.1. The van der Waals surface area contributed by atoms with E-state index in [1.165, 1.54) is 5.56 Å². The molecule has 1 aliphatic heterocycles. The van der Waals surface area contributed by atoms with Gasteiger partial charge in [0.1, 0.15) is 11.4 Å². The minimum atomic E-state index is -0.588. The van der Waals surface area contributed by atoms with Gasteiger partial charge < -0.3 is 14.4 Å². The van der Waals surface area contributed by atoms with Crippen molar-refractivity contribution in [2.45, 2.75) is 64.9 Å². The van der Waals surface area contributed by atoms with Gasteiger partial charge in [0.15, 0.2) is 0 Å². The van der Waals surface area contributed by atoms with Crippen molar-refractivity contribution < 1.29 is 19.1 Å². The Morgan fingerprint density at radius 3 is 2.27 bits per heavy atom. The molecule has 37 heavy (non-hydrogen) atoms. The van der Waals surface area contributed by atoms with Gasteiger partial charge in [0.25, 0.3) is 0 Å². The van der Waals surface area contributed by atoms with E-state index in [0.29, 0.717) is 30.2 Å². The molecule has 0 aromatic heterocycles. The van der Waals surface area contributed by atoms with E-state index in [1.807, 2.05) is 45.9 Å². The number of esters is 1. The predicted molar refractivity (Wildman–Crippen MR) is 173 cm³/mol. The van der Waals surface area contributed by atoms with Crippen molar-refractivity contribution in [2.24, 2.45) is 5.92 Å². The molecule has 1 unspecified atom stereocenters. The van der Waals surface area contributed by atoms with Gasteiger partial charge in [0.2, 0.25) is 0 Å². The zero-order valence-electron chi connectivity index (χ0n) is 22.0. The van der Waals surface area contributed by atoms with Crippen LogP contribution in [0.2, 0.25) is 0 Å². The van der Waals surface area contributed by atoms with Crippen LogP contribution in [0.3, 0.4) is 0 Å². The average molecular weight is 844 g/mol. The zero-order valence-corrected chi connectivity index (χ0v) is 28.5. The SMILES string of the molecule is CCC(Cc1c(I)cc(I)c(NC(=O)OC(C)(C)C)c1I)C(=O)Oc1ccc(C2CCN(C)CC2)cc1. The van der Waals surface area contributed by atoms with E-state index in [1.54, 1.807) is 0 Å². The summed E-state index contributed by atoms with van der Waals surface area (Å²) in [6.45, 7) is 9.74. The van der Waals surface area contributed by atoms with Crippen molar-refractivity contribution in [3.8, 4) is 5.75 Å². The minimum absolute atomic E-state index is 0.235. The van der Waals surface area contributed by atoms with Crippen LogP contribution in [-0.2, 0) is 16.0 Å². The molecule has 0 spiro atoms. The number of amides is 1. The molecular formula is C28H35I3N2O4. The highest BCUT2D eigenvalue weighted by molar-refractivity contribution is 14.1. The summed E-state index contributed by atoms with van der Waals surface area (Å²) in [6, 6.07) is 10.0. The number of carbonyl (C=O) groups excluding carboxylic acids is 2. The van der Waals surface area contributed by atoms with E-state index in [2.05, 4.69) is 97.2 Å². The standard InChI is InChI=1S/C28H35I3N2O4/c1-6-17(26(34)36-20-9-7-18(8-10-20)19-11-13-33(5)14-12-19)15-21-22(29)16-23(30)25(24(21)31)32-27(35)37-28(2,3)4/h7-10,16-17,19H,6,11-15H2,1-5H3,(H,32,35). The normalized spacial score (nSPS) is 15.8. The van der Waals surface area contributed by atoms with Gasteiger partial charge in [-0.15, -0.1) is 0 Å². The monoisotopic (exact) mass is 844 g/mol. The van der Waals surface area contributed by atoms with Crippen LogP contribution >= 0.6 is 67.8 Å². The second kappa shape index (κ2) is 13.6. The molecular weight excluding hydrogens is 809 g/mol. The Labute approximate surface area is 261 Å². The van der Waals surface area contributed by atoms with Gasteiger partial charge in [-0.25, -0.2) is 4.79 Å². The first-order chi connectivity index (χ1) is 17.4. The van der Waals surface area contributed by atoms with Gasteiger partial charge in [0, 0.05) is 10.7 Å². The minimum Gasteiger partial charge on any atom is -0.444 e. The summed E-state index contributed by atoms with van der Waals surface area (Å²) in [4.78, 5) is 28.0. The number of likely N-dealkylation sites (tertiary alicyclic amines) is 1. The van der Waals surface area contributed by atoms with E-state index in [0.717, 1.165) is 42.2 Å². The van der Waals surface area contributed by atoms with Crippen molar-refractivity contribution in [2.75, 3.05) is 25.5 Å². The Bertz CT molecular complexity index is 1110. The van der Waals surface area contributed by atoms with Crippen LogP contribution in [-0.4, -0.2) is 42.7 Å². The number of nitrogens with one attached hydrogen (secondary N) is 1. The molecule has 3 rings (SSSR count). The highest BCUT2D eigenvalue weighted by Crippen LogP contribution is 2.34. The largest absolute Gasteiger partial charge is 0.444 e. The van der Waals surface area contributed by atoms with Gasteiger partial charge in [-0.05, 0) is 170 Å². The molecule has 1 amide bonds. The van der Waals surface area contributed by atoms with Crippen LogP contribution in [0.1, 0.15) is 64.0 Å². The van der Waals surface area contributed by atoms with Crippen LogP contribution in [0.25, 0.3) is 0 Å². The van der Waals surface area contributed by atoms with E-state index >= 15 is 0 Å². The van der Waals surface area contributed by atoms with Crippen LogP contribution < -0.4 is 10.1 Å². The topological polar surface area (TPSA) is 67.9 Å². The first kappa shape index (κ1) is 30.9. The number of anilines is 1. The molecule has 202 valence electrons. The van der Waals surface area contributed by atoms with Crippen molar-refractivity contribution in [3.05, 3.63) is 52.2 Å². The van der Waals surface area contributed by atoms with E-state index in [9.17, 15) is 9.59 Å². The number of hydrogen-bond acceptors (Lipinski definition) is 5. The maximum atomic E-state index is 13.2. The summed E-state index contributed by atoms with van der Waals surface area (Å²) in [7, 11) is 2.17. The third-order valence-electron chi connectivity index (χ3n) is 6.46. The fourth-order valence-corrected chi connectivity index (χ4v) is 8.41. The summed E-state index contributed by atoms with van der Waals surface area (Å²) in [5, 5.41) is 2.90. The molecule has 1 aliphatic rings. The first-order valence-electron chi connectivity index (χ1n) is 12.5. The number of halogens is 3. The van der Waals surface area contributed by atoms with E-state index in [4.69, 9.17) is 9.47 Å². The second-order valence-electron chi connectivity index (χ2n) is 10.5. The molecule has 1 fully saturated rings. The molecule has 2 aromatic rings. The third-order valence-corrected chi connectivity index (χ3v) is 9.46. The molecule has 9 heteroatoms. The Hall–Kier alpha value is -0.670. The van der Waals surface area contributed by atoms with Gasteiger partial charge in [-0.1, -0.05) is 19.1 Å². The Morgan fingerprint density at radius 2 is 1.70 bits per heavy atom. The van der Waals surface area contributed by atoms with Crippen LogP contribution in [0, 0.1) is 16.6 Å². The average Bonchev–Trinajstić information content (AvgIpc) is 2.81. The molecule has 1 saturated heterocycles. The van der Waals surface area contributed by atoms with Crippen molar-refractivity contribution in [1.29, 1.82) is 0 Å². The lowest BCUT2D eigenvalue weighted by Gasteiger charge is -2.29. The number of nitrogens with zero attached hydrogens (tertiary/aromatic N) is 1. The molecule has 0 bridgehead atoms. The van der Waals surface area contributed by atoms with Crippen LogP contribution in [0.15, 0.2) is 30.3 Å². The van der Waals surface area contributed by atoms with Crippen LogP contribution in [0.5, 0.6) is 5.75 Å². The lowest BCUT2D eigenvalue weighted by atomic mass is 9.90. The molecule has 1 atom stereocenters. The Kier molecular flexibility index (Phi) is 11.3. The third kappa shape index (κ3) is 8.92. The van der Waals surface area contributed by atoms with Gasteiger partial charge in [0.05, 0.1) is 11.6 Å². The maximum Gasteiger partial charge on any atom is 0.412 e. The van der Waals surface area contributed by atoms with Crippen LogP contribution in [0.4, 0.5) is 10.5 Å². The Morgan fingerprint density at radius 1 is 1.08 bits per heavy atom. The predicted octanol–water partition coefficient (Wildman–Crippen LogP) is 7.83. The highest BCUT2D eigenvalue weighted by atomic mass is 127. The van der Waals surface area contributed by atoms with Gasteiger partial charge in [-0.3, -0.25) is 10.1 Å². The molecule has 0 saturated carbocycles. The van der Waals surface area contributed by atoms with Gasteiger partial charge in [-0.2, -0.15) is 0 Å². The number of rotatable bonds is 7. The molecule has 0 aliphatic carbocycles. The quantitative estimate of drug-likeness (QED) is 0.175.